The van der Waals surface area contributed by atoms with Crippen molar-refractivity contribution in [1.82, 2.24) is 5.32 Å². The fourth-order valence-electron chi connectivity index (χ4n) is 1.76. The fourth-order valence-corrected chi connectivity index (χ4v) is 2.36. The van der Waals surface area contributed by atoms with Crippen molar-refractivity contribution < 1.29 is 19.4 Å². The molecule has 0 aromatic heterocycles. The number of aliphatic hydroxyl groups is 1. The molecule has 0 radical (unpaired) electrons. The van der Waals surface area contributed by atoms with Crippen LogP contribution < -0.4 is 20.5 Å². The van der Waals surface area contributed by atoms with E-state index in [0.29, 0.717) is 22.5 Å². The van der Waals surface area contributed by atoms with Crippen molar-refractivity contribution in [2.45, 2.75) is 25.9 Å². The number of halogens is 2. The average Bonchev–Trinajstić information content (AvgIpc) is 2.46. The number of amides is 1. The van der Waals surface area contributed by atoms with E-state index in [1.165, 1.54) is 7.11 Å². The van der Waals surface area contributed by atoms with Gasteiger partial charge in [-0.2, -0.15) is 0 Å². The molecule has 1 aromatic rings. The molecule has 8 heteroatoms. The zero-order valence-corrected chi connectivity index (χ0v) is 15.0. The van der Waals surface area contributed by atoms with Crippen molar-refractivity contribution in [3.05, 3.63) is 22.2 Å². The smallest absolute Gasteiger partial charge is 0.255 e. The zero-order valence-electron chi connectivity index (χ0n) is 12.6. The lowest BCUT2D eigenvalue weighted by Gasteiger charge is -2.16. The molecule has 6 nitrogen and oxygen atoms in total. The zero-order chi connectivity index (χ0) is 15.8. The number of ether oxygens (including phenoxy) is 2. The first kappa shape index (κ1) is 21.0. The molecule has 0 heterocycles. The van der Waals surface area contributed by atoms with Crippen LogP contribution in [-0.2, 0) is 11.3 Å². The summed E-state index contributed by atoms with van der Waals surface area (Å²) in [6.45, 7) is 2.47. The second-order valence-corrected chi connectivity index (χ2v) is 5.39. The molecule has 1 atom stereocenters. The Kier molecular flexibility index (Phi) is 10.2. The van der Waals surface area contributed by atoms with Crippen molar-refractivity contribution in [2.24, 2.45) is 5.73 Å². The van der Waals surface area contributed by atoms with Crippen LogP contribution in [0.2, 0.25) is 0 Å². The Hall–Kier alpha value is -1.02. The highest BCUT2D eigenvalue weighted by molar-refractivity contribution is 9.10. The first-order chi connectivity index (χ1) is 10.0. The van der Waals surface area contributed by atoms with Crippen LogP contribution in [0.15, 0.2) is 16.6 Å². The predicted octanol–water partition coefficient (Wildman–Crippen LogP) is 1.60. The molecular weight excluding hydrogens is 376 g/mol. The van der Waals surface area contributed by atoms with Crippen LogP contribution >= 0.6 is 28.3 Å². The number of carbonyl (C=O) groups excluding carboxylic acids is 1. The molecule has 0 spiro atoms. The summed E-state index contributed by atoms with van der Waals surface area (Å²) in [5, 5.41) is 12.4. The van der Waals surface area contributed by atoms with Gasteiger partial charge in [0.25, 0.3) is 5.91 Å². The van der Waals surface area contributed by atoms with E-state index in [1.807, 2.05) is 19.1 Å². The molecule has 0 aliphatic rings. The number of benzene rings is 1. The highest BCUT2D eigenvalue weighted by atomic mass is 79.9. The largest absolute Gasteiger partial charge is 0.493 e. The van der Waals surface area contributed by atoms with Gasteiger partial charge < -0.3 is 25.6 Å². The minimum absolute atomic E-state index is 0. The Morgan fingerprint density at radius 2 is 2.18 bits per heavy atom. The van der Waals surface area contributed by atoms with Crippen LogP contribution in [0.5, 0.6) is 11.5 Å². The van der Waals surface area contributed by atoms with Crippen LogP contribution in [0.25, 0.3) is 0 Å². The first-order valence-electron chi connectivity index (χ1n) is 6.63. The molecular formula is C14H22BrClN2O4. The van der Waals surface area contributed by atoms with Gasteiger partial charge in [0.05, 0.1) is 18.2 Å². The number of carbonyl (C=O) groups is 1. The Morgan fingerprint density at radius 3 is 2.68 bits per heavy atom. The van der Waals surface area contributed by atoms with Gasteiger partial charge in [0, 0.05) is 12.6 Å². The number of nitrogens with two attached hydrogens (primary N) is 1. The SMILES string of the molecule is CCC(CO)NCc1cc(Br)c(OCC(N)=O)c(OC)c1.Cl. The summed E-state index contributed by atoms with van der Waals surface area (Å²) in [7, 11) is 1.53. The minimum Gasteiger partial charge on any atom is -0.493 e. The molecule has 126 valence electrons. The molecule has 4 N–H and O–H groups in total. The first-order valence-corrected chi connectivity index (χ1v) is 7.42. The van der Waals surface area contributed by atoms with Crippen molar-refractivity contribution in [3.63, 3.8) is 0 Å². The van der Waals surface area contributed by atoms with Crippen molar-refractivity contribution >= 4 is 34.2 Å². The standard InChI is InChI=1S/C14H21BrN2O4.ClH/c1-3-10(7-18)17-6-9-4-11(15)14(12(5-9)20-2)21-8-13(16)19;/h4-5,10,17-18H,3,6-8H2,1-2H3,(H2,16,19);1H. The van der Waals surface area contributed by atoms with Gasteiger partial charge in [0.2, 0.25) is 0 Å². The third kappa shape index (κ3) is 6.39. The Labute approximate surface area is 144 Å². The third-order valence-electron chi connectivity index (χ3n) is 2.96. The maximum atomic E-state index is 10.8. The van der Waals surface area contributed by atoms with Crippen molar-refractivity contribution in [2.75, 3.05) is 20.3 Å². The van der Waals surface area contributed by atoms with E-state index in [9.17, 15) is 4.79 Å². The second kappa shape index (κ2) is 10.7. The van der Waals surface area contributed by atoms with E-state index in [-0.39, 0.29) is 31.7 Å². The number of rotatable bonds is 9. The maximum absolute atomic E-state index is 10.8. The summed E-state index contributed by atoms with van der Waals surface area (Å²) in [5.74, 6) is 0.400. The van der Waals surface area contributed by atoms with Crippen LogP contribution in [0.1, 0.15) is 18.9 Å². The number of hydrogen-bond donors (Lipinski definition) is 3. The van der Waals surface area contributed by atoms with E-state index < -0.39 is 5.91 Å². The highest BCUT2D eigenvalue weighted by Crippen LogP contribution is 2.36. The number of nitrogens with one attached hydrogen (secondary N) is 1. The van der Waals surface area contributed by atoms with Crippen molar-refractivity contribution in [1.29, 1.82) is 0 Å². The summed E-state index contributed by atoms with van der Waals surface area (Å²) in [5.41, 5.74) is 6.04. The molecule has 0 bridgehead atoms. The molecule has 1 amide bonds. The number of aliphatic hydroxyl groups excluding tert-OH is 1. The van der Waals surface area contributed by atoms with E-state index >= 15 is 0 Å². The van der Waals surface area contributed by atoms with E-state index in [0.717, 1.165) is 12.0 Å². The summed E-state index contributed by atoms with van der Waals surface area (Å²) in [4.78, 5) is 10.8. The Balaban J connectivity index is 0.00000441. The summed E-state index contributed by atoms with van der Waals surface area (Å²) >= 11 is 3.40. The molecule has 0 aliphatic heterocycles. The van der Waals surface area contributed by atoms with E-state index in [1.54, 1.807) is 0 Å². The van der Waals surface area contributed by atoms with Gasteiger partial charge in [-0.15, -0.1) is 12.4 Å². The lowest BCUT2D eigenvalue weighted by Crippen LogP contribution is -2.31. The molecule has 0 fully saturated rings. The van der Waals surface area contributed by atoms with Gasteiger partial charge in [0.15, 0.2) is 18.1 Å². The second-order valence-electron chi connectivity index (χ2n) is 4.53. The van der Waals surface area contributed by atoms with E-state index in [2.05, 4.69) is 21.2 Å². The Bertz CT molecular complexity index is 484. The summed E-state index contributed by atoms with van der Waals surface area (Å²) in [6, 6.07) is 3.74. The van der Waals surface area contributed by atoms with Gasteiger partial charge >= 0.3 is 0 Å². The lowest BCUT2D eigenvalue weighted by molar-refractivity contribution is -0.119. The van der Waals surface area contributed by atoms with Gasteiger partial charge in [-0.25, -0.2) is 0 Å². The monoisotopic (exact) mass is 396 g/mol. The van der Waals surface area contributed by atoms with Gasteiger partial charge in [0.1, 0.15) is 0 Å². The minimum atomic E-state index is -0.552. The Morgan fingerprint density at radius 1 is 1.50 bits per heavy atom. The number of hydrogen-bond acceptors (Lipinski definition) is 5. The molecule has 1 unspecified atom stereocenters. The van der Waals surface area contributed by atoms with Crippen LogP contribution in [0, 0.1) is 0 Å². The molecule has 1 rings (SSSR count). The van der Waals surface area contributed by atoms with Crippen molar-refractivity contribution in [3.8, 4) is 11.5 Å². The van der Waals surface area contributed by atoms with Gasteiger partial charge in [-0.05, 0) is 40.0 Å². The summed E-state index contributed by atoms with van der Waals surface area (Å²) in [6.07, 6.45) is 0.842. The number of methoxy groups -OCH3 is 1. The predicted molar refractivity (Wildman–Crippen MR) is 90.6 cm³/mol. The normalized spacial score (nSPS) is 11.5. The lowest BCUT2D eigenvalue weighted by atomic mass is 10.1. The molecule has 1 aromatic carbocycles. The molecule has 0 saturated heterocycles. The number of primary amides is 1. The quantitative estimate of drug-likeness (QED) is 0.588. The topological polar surface area (TPSA) is 93.8 Å². The molecule has 22 heavy (non-hydrogen) atoms. The fraction of sp³-hybridized carbons (Fsp3) is 0.500. The summed E-state index contributed by atoms with van der Waals surface area (Å²) < 4.78 is 11.3. The van der Waals surface area contributed by atoms with Crippen LogP contribution in [0.3, 0.4) is 0 Å². The van der Waals surface area contributed by atoms with E-state index in [4.69, 9.17) is 20.3 Å². The van der Waals surface area contributed by atoms with Gasteiger partial charge in [-0.3, -0.25) is 4.79 Å². The van der Waals surface area contributed by atoms with Crippen LogP contribution in [0.4, 0.5) is 0 Å². The molecule has 0 saturated carbocycles. The third-order valence-corrected chi connectivity index (χ3v) is 3.55. The van der Waals surface area contributed by atoms with Crippen LogP contribution in [-0.4, -0.2) is 37.4 Å². The molecule has 0 aliphatic carbocycles. The maximum Gasteiger partial charge on any atom is 0.255 e. The highest BCUT2D eigenvalue weighted by Gasteiger charge is 2.13. The van der Waals surface area contributed by atoms with Gasteiger partial charge in [-0.1, -0.05) is 6.92 Å². The average molecular weight is 398 g/mol.